The van der Waals surface area contributed by atoms with Crippen LogP contribution in [0.4, 0.5) is 4.79 Å². The number of nitrogens with zero attached hydrogens (tertiary/aromatic N) is 2. The van der Waals surface area contributed by atoms with E-state index in [4.69, 9.17) is 0 Å². The maximum Gasteiger partial charge on any atom is 0.327 e. The standard InChI is InChI=1S/C6H8BrN3O/c1-4-5(7)10(3-9-4)6(11)8-2/h3H,1-2H3,(H,8,11). The van der Waals surface area contributed by atoms with Crippen LogP contribution in [0.25, 0.3) is 0 Å². The maximum atomic E-state index is 11.0. The quantitative estimate of drug-likeness (QED) is 0.709. The molecule has 5 heteroatoms. The summed E-state index contributed by atoms with van der Waals surface area (Å²) in [6.07, 6.45) is 1.47. The number of carbonyl (C=O) groups excluding carboxylic acids is 1. The van der Waals surface area contributed by atoms with Gasteiger partial charge in [-0.15, -0.1) is 0 Å². The zero-order valence-electron chi connectivity index (χ0n) is 6.26. The molecule has 0 atom stereocenters. The fourth-order valence-electron chi connectivity index (χ4n) is 0.685. The predicted octanol–water partition coefficient (Wildman–Crippen LogP) is 1.14. The monoisotopic (exact) mass is 217 g/mol. The lowest BCUT2D eigenvalue weighted by atomic mass is 10.6. The third kappa shape index (κ3) is 1.42. The van der Waals surface area contributed by atoms with Crippen molar-refractivity contribution in [3.63, 3.8) is 0 Å². The number of halogens is 1. The van der Waals surface area contributed by atoms with E-state index in [0.717, 1.165) is 5.69 Å². The first-order valence-electron chi connectivity index (χ1n) is 3.08. The molecular weight excluding hydrogens is 210 g/mol. The normalized spacial score (nSPS) is 9.73. The van der Waals surface area contributed by atoms with Crippen LogP contribution < -0.4 is 5.32 Å². The number of carbonyl (C=O) groups is 1. The molecule has 0 spiro atoms. The van der Waals surface area contributed by atoms with Crippen LogP contribution in [0.1, 0.15) is 5.69 Å². The van der Waals surface area contributed by atoms with Crippen LogP contribution in [0.5, 0.6) is 0 Å². The zero-order chi connectivity index (χ0) is 8.43. The Morgan fingerprint density at radius 2 is 2.45 bits per heavy atom. The Bertz CT molecular complexity index is 281. The third-order valence-corrected chi connectivity index (χ3v) is 2.27. The van der Waals surface area contributed by atoms with Crippen LogP contribution in [0.2, 0.25) is 0 Å². The third-order valence-electron chi connectivity index (χ3n) is 1.31. The van der Waals surface area contributed by atoms with Crippen LogP contribution >= 0.6 is 15.9 Å². The number of hydrogen-bond acceptors (Lipinski definition) is 2. The summed E-state index contributed by atoms with van der Waals surface area (Å²) in [5.41, 5.74) is 0.800. The molecule has 11 heavy (non-hydrogen) atoms. The van der Waals surface area contributed by atoms with Gasteiger partial charge in [-0.2, -0.15) is 0 Å². The zero-order valence-corrected chi connectivity index (χ0v) is 7.84. The van der Waals surface area contributed by atoms with Crippen molar-refractivity contribution in [2.45, 2.75) is 6.92 Å². The van der Waals surface area contributed by atoms with Crippen molar-refractivity contribution in [1.29, 1.82) is 0 Å². The lowest BCUT2D eigenvalue weighted by Gasteiger charge is -1.99. The predicted molar refractivity (Wildman–Crippen MR) is 44.5 cm³/mol. The average molecular weight is 218 g/mol. The minimum absolute atomic E-state index is 0.197. The Balaban J connectivity index is 3.04. The van der Waals surface area contributed by atoms with Crippen molar-refractivity contribution in [2.24, 2.45) is 0 Å². The first kappa shape index (κ1) is 8.26. The molecule has 0 radical (unpaired) electrons. The lowest BCUT2D eigenvalue weighted by Crippen LogP contribution is -2.23. The fourth-order valence-corrected chi connectivity index (χ4v) is 1.04. The van der Waals surface area contributed by atoms with Gasteiger partial charge in [0.2, 0.25) is 0 Å². The Hall–Kier alpha value is -0.840. The number of imidazole rings is 1. The van der Waals surface area contributed by atoms with Gasteiger partial charge in [-0.05, 0) is 22.9 Å². The summed E-state index contributed by atoms with van der Waals surface area (Å²) in [4.78, 5) is 15.0. The number of amides is 1. The van der Waals surface area contributed by atoms with Gasteiger partial charge >= 0.3 is 6.03 Å². The highest BCUT2D eigenvalue weighted by atomic mass is 79.9. The molecule has 0 saturated heterocycles. The van der Waals surface area contributed by atoms with E-state index in [1.165, 1.54) is 10.9 Å². The smallest absolute Gasteiger partial charge is 0.327 e. The van der Waals surface area contributed by atoms with E-state index >= 15 is 0 Å². The van der Waals surface area contributed by atoms with Gasteiger partial charge in [0.15, 0.2) is 0 Å². The minimum atomic E-state index is -0.197. The van der Waals surface area contributed by atoms with Crippen molar-refractivity contribution in [3.05, 3.63) is 16.6 Å². The van der Waals surface area contributed by atoms with Gasteiger partial charge < -0.3 is 5.32 Å². The molecule has 0 aliphatic carbocycles. The highest BCUT2D eigenvalue weighted by molar-refractivity contribution is 9.10. The topological polar surface area (TPSA) is 46.9 Å². The highest BCUT2D eigenvalue weighted by Gasteiger charge is 2.08. The van der Waals surface area contributed by atoms with Crippen LogP contribution in [-0.4, -0.2) is 22.6 Å². The summed E-state index contributed by atoms with van der Waals surface area (Å²) >= 11 is 3.23. The Morgan fingerprint density at radius 3 is 2.82 bits per heavy atom. The first-order valence-corrected chi connectivity index (χ1v) is 3.87. The van der Waals surface area contributed by atoms with Gasteiger partial charge in [0.1, 0.15) is 10.9 Å². The summed E-state index contributed by atoms with van der Waals surface area (Å²) in [6.45, 7) is 1.82. The second-order valence-electron chi connectivity index (χ2n) is 2.05. The second-order valence-corrected chi connectivity index (χ2v) is 2.80. The summed E-state index contributed by atoms with van der Waals surface area (Å²) in [7, 11) is 1.57. The molecule has 1 aromatic rings. The molecule has 60 valence electrons. The molecule has 0 aromatic carbocycles. The Kier molecular flexibility index (Phi) is 2.28. The summed E-state index contributed by atoms with van der Waals surface area (Å²) < 4.78 is 2.09. The van der Waals surface area contributed by atoms with Crippen molar-refractivity contribution < 1.29 is 4.79 Å². The van der Waals surface area contributed by atoms with E-state index in [1.54, 1.807) is 7.05 Å². The molecule has 1 heterocycles. The number of hydrogen-bond donors (Lipinski definition) is 1. The molecule has 1 amide bonds. The van der Waals surface area contributed by atoms with Crippen LogP contribution in [0.3, 0.4) is 0 Å². The Morgan fingerprint density at radius 1 is 1.82 bits per heavy atom. The number of nitrogens with one attached hydrogen (secondary N) is 1. The van der Waals surface area contributed by atoms with Gasteiger partial charge in [-0.1, -0.05) is 0 Å². The average Bonchev–Trinajstić information content (AvgIpc) is 2.32. The molecule has 0 unspecified atom stereocenters. The van der Waals surface area contributed by atoms with Crippen LogP contribution in [-0.2, 0) is 0 Å². The molecule has 0 saturated carbocycles. The summed E-state index contributed by atoms with van der Waals surface area (Å²) in [6, 6.07) is -0.197. The van der Waals surface area contributed by atoms with E-state index in [0.29, 0.717) is 4.60 Å². The number of rotatable bonds is 0. The summed E-state index contributed by atoms with van der Waals surface area (Å²) in [5, 5.41) is 2.49. The summed E-state index contributed by atoms with van der Waals surface area (Å²) in [5.74, 6) is 0. The molecule has 0 aliphatic rings. The molecule has 1 N–H and O–H groups in total. The van der Waals surface area contributed by atoms with Gasteiger partial charge in [-0.25, -0.2) is 14.3 Å². The van der Waals surface area contributed by atoms with Gasteiger partial charge in [0, 0.05) is 7.05 Å². The van der Waals surface area contributed by atoms with Crippen LogP contribution in [0.15, 0.2) is 10.9 Å². The highest BCUT2D eigenvalue weighted by Crippen LogP contribution is 2.13. The van der Waals surface area contributed by atoms with E-state index in [2.05, 4.69) is 26.2 Å². The number of aromatic nitrogens is 2. The number of aryl methyl sites for hydroxylation is 1. The Labute approximate surface area is 72.7 Å². The van der Waals surface area contributed by atoms with Crippen molar-refractivity contribution >= 4 is 22.0 Å². The fraction of sp³-hybridized carbons (Fsp3) is 0.333. The molecule has 0 aliphatic heterocycles. The molecule has 0 fully saturated rings. The first-order chi connectivity index (χ1) is 5.16. The molecular formula is C6H8BrN3O. The lowest BCUT2D eigenvalue weighted by molar-refractivity contribution is 0.244. The largest absolute Gasteiger partial charge is 0.340 e. The van der Waals surface area contributed by atoms with E-state index in [-0.39, 0.29) is 6.03 Å². The second kappa shape index (κ2) is 3.04. The van der Waals surface area contributed by atoms with Crippen LogP contribution in [0, 0.1) is 6.92 Å². The maximum absolute atomic E-state index is 11.0. The molecule has 1 aromatic heterocycles. The molecule has 1 rings (SSSR count). The minimum Gasteiger partial charge on any atom is -0.340 e. The van der Waals surface area contributed by atoms with E-state index in [9.17, 15) is 4.79 Å². The van der Waals surface area contributed by atoms with Gasteiger partial charge in [-0.3, -0.25) is 0 Å². The molecule has 4 nitrogen and oxygen atoms in total. The SMILES string of the molecule is CNC(=O)n1cnc(C)c1Br. The van der Waals surface area contributed by atoms with Gasteiger partial charge in [0.25, 0.3) is 0 Å². The van der Waals surface area contributed by atoms with Crippen molar-refractivity contribution in [3.8, 4) is 0 Å². The molecule has 0 bridgehead atoms. The van der Waals surface area contributed by atoms with E-state index in [1.807, 2.05) is 6.92 Å². The van der Waals surface area contributed by atoms with Gasteiger partial charge in [0.05, 0.1) is 5.69 Å². The van der Waals surface area contributed by atoms with Crippen molar-refractivity contribution in [2.75, 3.05) is 7.05 Å². The van der Waals surface area contributed by atoms with E-state index < -0.39 is 0 Å². The van der Waals surface area contributed by atoms with Crippen molar-refractivity contribution in [1.82, 2.24) is 14.9 Å².